The first-order chi connectivity index (χ1) is 9.25. The number of aromatic nitrogens is 1. The summed E-state index contributed by atoms with van der Waals surface area (Å²) in [6.45, 7) is 3.95. The molecule has 0 radical (unpaired) electrons. The van der Waals surface area contributed by atoms with E-state index in [0.29, 0.717) is 12.2 Å². The lowest BCUT2D eigenvalue weighted by Gasteiger charge is -2.15. The molecule has 0 atom stereocenters. The fourth-order valence-corrected chi connectivity index (χ4v) is 2.47. The van der Waals surface area contributed by atoms with Crippen LogP contribution in [0.4, 0.5) is 13.2 Å². The number of alkyl halides is 3. The number of nitrogens with zero attached hydrogens (tertiary/aromatic N) is 1. The number of rotatable bonds is 2. The van der Waals surface area contributed by atoms with E-state index in [0.717, 1.165) is 29.1 Å². The predicted octanol–water partition coefficient (Wildman–Crippen LogP) is 4.23. The van der Waals surface area contributed by atoms with Crippen LogP contribution in [-0.2, 0) is 12.7 Å². The highest BCUT2D eigenvalue weighted by Crippen LogP contribution is 2.34. The molecule has 0 unspecified atom stereocenters. The van der Waals surface area contributed by atoms with Crippen LogP contribution in [0.25, 0.3) is 5.69 Å². The maximum absolute atomic E-state index is 12.8. The Morgan fingerprint density at radius 2 is 1.85 bits per heavy atom. The summed E-state index contributed by atoms with van der Waals surface area (Å²) in [5, 5.41) is 0.267. The minimum atomic E-state index is -4.40. The third-order valence-electron chi connectivity index (χ3n) is 3.27. The molecule has 1 aromatic carbocycles. The number of benzene rings is 1. The van der Waals surface area contributed by atoms with Gasteiger partial charge in [0.1, 0.15) is 0 Å². The lowest BCUT2D eigenvalue weighted by atomic mass is 10.2. The topological polar surface area (TPSA) is 30.9 Å². The molecule has 0 bridgehead atoms. The summed E-state index contributed by atoms with van der Waals surface area (Å²) in [4.78, 5) is 0. The van der Waals surface area contributed by atoms with E-state index in [1.165, 1.54) is 6.07 Å². The van der Waals surface area contributed by atoms with Crippen molar-refractivity contribution < 1.29 is 13.2 Å². The normalized spacial score (nSPS) is 11.9. The Labute approximate surface area is 120 Å². The van der Waals surface area contributed by atoms with Gasteiger partial charge in [0, 0.05) is 17.9 Å². The van der Waals surface area contributed by atoms with Gasteiger partial charge in [0.05, 0.1) is 16.3 Å². The summed E-state index contributed by atoms with van der Waals surface area (Å²) in [6.07, 6.45) is -4.40. The Morgan fingerprint density at radius 3 is 2.35 bits per heavy atom. The average molecular weight is 303 g/mol. The molecule has 6 heteroatoms. The van der Waals surface area contributed by atoms with Gasteiger partial charge in [0.25, 0.3) is 0 Å². The second-order valence-electron chi connectivity index (χ2n) is 4.60. The lowest BCUT2D eigenvalue weighted by molar-refractivity contribution is -0.137. The number of hydrogen-bond donors (Lipinski definition) is 1. The summed E-state index contributed by atoms with van der Waals surface area (Å²) in [5.41, 5.74) is 7.69. The molecule has 2 rings (SSSR count). The summed E-state index contributed by atoms with van der Waals surface area (Å²) in [7, 11) is 0. The van der Waals surface area contributed by atoms with Crippen molar-refractivity contribution in [2.24, 2.45) is 5.73 Å². The van der Waals surface area contributed by atoms with Crippen molar-refractivity contribution in [1.29, 1.82) is 0 Å². The molecule has 0 spiro atoms. The first-order valence-electron chi connectivity index (χ1n) is 6.00. The quantitative estimate of drug-likeness (QED) is 0.884. The van der Waals surface area contributed by atoms with Gasteiger partial charge in [0.2, 0.25) is 0 Å². The zero-order valence-corrected chi connectivity index (χ0v) is 11.8. The van der Waals surface area contributed by atoms with Crippen LogP contribution in [0.5, 0.6) is 0 Å². The van der Waals surface area contributed by atoms with Crippen molar-refractivity contribution in [3.05, 3.63) is 51.8 Å². The van der Waals surface area contributed by atoms with Crippen LogP contribution in [0.1, 0.15) is 22.5 Å². The van der Waals surface area contributed by atoms with E-state index in [9.17, 15) is 13.2 Å². The van der Waals surface area contributed by atoms with Crippen molar-refractivity contribution in [2.75, 3.05) is 0 Å². The Bertz CT molecular complexity index is 645. The van der Waals surface area contributed by atoms with Crippen LogP contribution in [0.3, 0.4) is 0 Å². The summed E-state index contributed by atoms with van der Waals surface area (Å²) in [5.74, 6) is 0. The van der Waals surface area contributed by atoms with Crippen molar-refractivity contribution in [2.45, 2.75) is 26.6 Å². The fourth-order valence-electron chi connectivity index (χ4n) is 2.27. The van der Waals surface area contributed by atoms with Crippen LogP contribution in [0, 0.1) is 13.8 Å². The maximum Gasteiger partial charge on any atom is 0.416 e. The molecule has 0 aliphatic carbocycles. The largest absolute Gasteiger partial charge is 0.416 e. The highest BCUT2D eigenvalue weighted by Gasteiger charge is 2.31. The molecule has 0 amide bonds. The van der Waals surface area contributed by atoms with Crippen molar-refractivity contribution in [3.8, 4) is 5.69 Å². The van der Waals surface area contributed by atoms with Gasteiger partial charge in [-0.15, -0.1) is 0 Å². The standard InChI is InChI=1S/C14H14ClF3N2/c1-8-5-10(7-19)9(2)20(8)13-6-11(14(16,17)18)3-4-12(13)15/h3-6H,7,19H2,1-2H3. The number of aryl methyl sites for hydroxylation is 1. The Kier molecular flexibility index (Phi) is 3.84. The van der Waals surface area contributed by atoms with E-state index >= 15 is 0 Å². The van der Waals surface area contributed by atoms with Crippen molar-refractivity contribution in [3.63, 3.8) is 0 Å². The molecule has 0 saturated heterocycles. The van der Waals surface area contributed by atoms with E-state index in [2.05, 4.69) is 0 Å². The zero-order chi connectivity index (χ0) is 15.1. The van der Waals surface area contributed by atoms with E-state index < -0.39 is 11.7 Å². The minimum absolute atomic E-state index is 0.267. The number of hydrogen-bond acceptors (Lipinski definition) is 1. The van der Waals surface area contributed by atoms with Crippen LogP contribution in [-0.4, -0.2) is 4.57 Å². The van der Waals surface area contributed by atoms with Gasteiger partial charge in [-0.05, 0) is 43.7 Å². The number of halogens is 4. The first kappa shape index (κ1) is 14.9. The summed E-state index contributed by atoms with van der Waals surface area (Å²) < 4.78 is 40.1. The van der Waals surface area contributed by atoms with Gasteiger partial charge in [-0.2, -0.15) is 13.2 Å². The van der Waals surface area contributed by atoms with Gasteiger partial charge in [0.15, 0.2) is 0 Å². The van der Waals surface area contributed by atoms with Crippen LogP contribution >= 0.6 is 11.6 Å². The van der Waals surface area contributed by atoms with Crippen LogP contribution in [0.15, 0.2) is 24.3 Å². The first-order valence-corrected chi connectivity index (χ1v) is 6.38. The van der Waals surface area contributed by atoms with Crippen LogP contribution in [0.2, 0.25) is 5.02 Å². The van der Waals surface area contributed by atoms with Gasteiger partial charge in [-0.1, -0.05) is 11.6 Å². The highest BCUT2D eigenvalue weighted by molar-refractivity contribution is 6.32. The van der Waals surface area contributed by atoms with Crippen molar-refractivity contribution in [1.82, 2.24) is 4.57 Å². The zero-order valence-electron chi connectivity index (χ0n) is 11.1. The lowest BCUT2D eigenvalue weighted by Crippen LogP contribution is -2.08. The smallest absolute Gasteiger partial charge is 0.326 e. The molecule has 2 nitrogen and oxygen atoms in total. The van der Waals surface area contributed by atoms with Gasteiger partial charge in [-0.3, -0.25) is 0 Å². The molecular formula is C14H14ClF3N2. The maximum atomic E-state index is 12.8. The minimum Gasteiger partial charge on any atom is -0.326 e. The molecule has 108 valence electrons. The van der Waals surface area contributed by atoms with E-state index in [-0.39, 0.29) is 5.02 Å². The molecular weight excluding hydrogens is 289 g/mol. The van der Waals surface area contributed by atoms with E-state index in [4.69, 9.17) is 17.3 Å². The van der Waals surface area contributed by atoms with Gasteiger partial charge in [-0.25, -0.2) is 0 Å². The Hall–Kier alpha value is -1.46. The average Bonchev–Trinajstić information content (AvgIpc) is 2.64. The third-order valence-corrected chi connectivity index (χ3v) is 3.59. The Balaban J connectivity index is 2.67. The van der Waals surface area contributed by atoms with E-state index in [1.807, 2.05) is 19.9 Å². The monoisotopic (exact) mass is 302 g/mol. The molecule has 2 N–H and O–H groups in total. The van der Waals surface area contributed by atoms with Crippen LogP contribution < -0.4 is 5.73 Å². The SMILES string of the molecule is Cc1cc(CN)c(C)n1-c1cc(C(F)(F)F)ccc1Cl. The van der Waals surface area contributed by atoms with Gasteiger partial charge >= 0.3 is 6.18 Å². The molecule has 1 aromatic heterocycles. The molecule has 0 aliphatic heterocycles. The molecule has 0 fully saturated rings. The molecule has 20 heavy (non-hydrogen) atoms. The molecule has 0 saturated carbocycles. The Morgan fingerprint density at radius 1 is 1.20 bits per heavy atom. The molecule has 2 aromatic rings. The fraction of sp³-hybridized carbons (Fsp3) is 0.286. The molecule has 0 aliphatic rings. The summed E-state index contributed by atoms with van der Waals surface area (Å²) in [6, 6.07) is 5.15. The van der Waals surface area contributed by atoms with Crippen molar-refractivity contribution >= 4 is 11.6 Å². The molecule has 1 heterocycles. The second kappa shape index (κ2) is 5.14. The van der Waals surface area contributed by atoms with E-state index in [1.54, 1.807) is 4.57 Å². The third kappa shape index (κ3) is 2.55. The van der Waals surface area contributed by atoms with Gasteiger partial charge < -0.3 is 10.3 Å². The highest BCUT2D eigenvalue weighted by atomic mass is 35.5. The number of nitrogens with two attached hydrogens (primary N) is 1. The summed E-state index contributed by atoms with van der Waals surface area (Å²) >= 11 is 6.06. The second-order valence-corrected chi connectivity index (χ2v) is 5.01. The predicted molar refractivity (Wildman–Crippen MR) is 73.1 cm³/mol.